The number of rotatable bonds is 8. The van der Waals surface area contributed by atoms with Gasteiger partial charge in [0.05, 0.1) is 6.61 Å². The van der Waals surface area contributed by atoms with Gasteiger partial charge < -0.3 is 48.5 Å². The van der Waals surface area contributed by atoms with Crippen LogP contribution in [0.2, 0.25) is 0 Å². The second-order valence-electron chi connectivity index (χ2n) is 7.90. The molecule has 2 fully saturated rings. The predicted octanol–water partition coefficient (Wildman–Crippen LogP) is -2.18. The van der Waals surface area contributed by atoms with Crippen molar-refractivity contribution in [3.8, 4) is 0 Å². The third-order valence-corrected chi connectivity index (χ3v) is 5.51. The summed E-state index contributed by atoms with van der Waals surface area (Å²) in [5, 5.41) is 30.4. The molecule has 0 aliphatic carbocycles. The number of esters is 4. The van der Waals surface area contributed by atoms with Crippen LogP contribution in [-0.4, -0.2) is 113 Å². The smallest absolute Gasteiger partial charge is 0.303 e. The lowest BCUT2D eigenvalue weighted by Gasteiger charge is -2.47. The fourth-order valence-corrected chi connectivity index (χ4v) is 4.02. The van der Waals surface area contributed by atoms with Gasteiger partial charge in [-0.15, -0.1) is 12.6 Å². The lowest BCUT2D eigenvalue weighted by Crippen LogP contribution is -2.66. The van der Waals surface area contributed by atoms with Crippen molar-refractivity contribution in [1.82, 2.24) is 0 Å². The van der Waals surface area contributed by atoms with Crippen molar-refractivity contribution < 1.29 is 67.7 Å². The molecule has 0 aromatic rings. The minimum absolute atomic E-state index is 0.480. The highest BCUT2D eigenvalue weighted by atomic mass is 32.1. The first-order chi connectivity index (χ1) is 16.3. The van der Waals surface area contributed by atoms with Gasteiger partial charge in [0.2, 0.25) is 0 Å². The zero-order chi connectivity index (χ0) is 26.4. The van der Waals surface area contributed by atoms with Crippen LogP contribution in [0, 0.1) is 0 Å². The Morgan fingerprint density at radius 3 is 1.80 bits per heavy atom. The van der Waals surface area contributed by atoms with Gasteiger partial charge >= 0.3 is 23.9 Å². The zero-order valence-corrected chi connectivity index (χ0v) is 20.4. The van der Waals surface area contributed by atoms with E-state index in [2.05, 4.69) is 12.6 Å². The Labute approximate surface area is 206 Å². The van der Waals surface area contributed by atoms with E-state index in [0.717, 1.165) is 27.7 Å². The normalized spacial score (nSPS) is 37.1. The summed E-state index contributed by atoms with van der Waals surface area (Å²) in [7, 11) is 0. The third-order valence-electron chi connectivity index (χ3n) is 5.08. The van der Waals surface area contributed by atoms with Gasteiger partial charge in [0.25, 0.3) is 0 Å². The minimum atomic E-state index is -1.63. The summed E-state index contributed by atoms with van der Waals surface area (Å²) in [4.78, 5) is 46.9. The minimum Gasteiger partial charge on any atom is -0.463 e. The number of carbonyl (C=O) groups is 4. The van der Waals surface area contributed by atoms with E-state index < -0.39 is 97.6 Å². The lowest BCUT2D eigenvalue weighted by atomic mass is 9.96. The lowest BCUT2D eigenvalue weighted by molar-refractivity contribution is -0.340. The number of hydrogen-bond acceptors (Lipinski definition) is 15. The molecular formula is C20H30O14S. The molecule has 200 valence electrons. The predicted molar refractivity (Wildman–Crippen MR) is 114 cm³/mol. The maximum absolute atomic E-state index is 11.9. The molecule has 35 heavy (non-hydrogen) atoms. The zero-order valence-electron chi connectivity index (χ0n) is 19.5. The van der Waals surface area contributed by atoms with Crippen molar-refractivity contribution in [2.24, 2.45) is 0 Å². The Hall–Kier alpha value is -2.01. The Morgan fingerprint density at radius 1 is 0.743 bits per heavy atom. The molecule has 2 aliphatic rings. The van der Waals surface area contributed by atoms with Crippen LogP contribution in [0.25, 0.3) is 0 Å². The standard InChI is InChI=1S/C20H30O14S/c1-7(22)28-6-12-16(29-8(2)23)17(30-9(3)24)18(31-10(4)25)19(32-12)34-15-11(5-21)33-20(35)14(27)13(15)26/h11-21,26-27,35H,5-6H2,1-4H3/t11-,12-,13-,14-,15-,16-,17+,18-,19+,20+/m1/s1. The van der Waals surface area contributed by atoms with Crippen LogP contribution >= 0.6 is 12.6 Å². The van der Waals surface area contributed by atoms with Gasteiger partial charge in [-0.1, -0.05) is 0 Å². The van der Waals surface area contributed by atoms with Crippen LogP contribution in [0.3, 0.4) is 0 Å². The number of aliphatic hydroxyl groups excluding tert-OH is 3. The van der Waals surface area contributed by atoms with E-state index in [1.165, 1.54) is 0 Å². The topological polar surface area (TPSA) is 194 Å². The average Bonchev–Trinajstić information content (AvgIpc) is 2.75. The van der Waals surface area contributed by atoms with Crippen molar-refractivity contribution in [3.05, 3.63) is 0 Å². The van der Waals surface area contributed by atoms with Gasteiger partial charge in [0, 0.05) is 27.7 Å². The Morgan fingerprint density at radius 2 is 1.29 bits per heavy atom. The van der Waals surface area contributed by atoms with E-state index in [1.807, 2.05) is 0 Å². The van der Waals surface area contributed by atoms with Crippen molar-refractivity contribution in [3.63, 3.8) is 0 Å². The highest BCUT2D eigenvalue weighted by molar-refractivity contribution is 7.80. The Bertz CT molecular complexity index is 775. The van der Waals surface area contributed by atoms with Crippen molar-refractivity contribution in [2.75, 3.05) is 13.2 Å². The van der Waals surface area contributed by atoms with Crippen LogP contribution in [0.5, 0.6) is 0 Å². The molecule has 0 radical (unpaired) electrons. The summed E-state index contributed by atoms with van der Waals surface area (Å²) in [5.74, 6) is -3.18. The quantitative estimate of drug-likeness (QED) is 0.151. The van der Waals surface area contributed by atoms with Crippen LogP contribution in [0.1, 0.15) is 27.7 Å². The molecule has 0 aromatic carbocycles. The second-order valence-corrected chi connectivity index (χ2v) is 8.41. The first kappa shape index (κ1) is 29.2. The maximum Gasteiger partial charge on any atom is 0.303 e. The highest BCUT2D eigenvalue weighted by Gasteiger charge is 2.55. The molecule has 2 heterocycles. The average molecular weight is 527 g/mol. The van der Waals surface area contributed by atoms with Gasteiger partial charge in [0.15, 0.2) is 24.6 Å². The molecule has 0 saturated carbocycles. The maximum atomic E-state index is 11.9. The number of aliphatic hydroxyl groups is 3. The second kappa shape index (κ2) is 12.8. The van der Waals surface area contributed by atoms with E-state index in [9.17, 15) is 34.5 Å². The Balaban J connectivity index is 2.46. The van der Waals surface area contributed by atoms with Crippen molar-refractivity contribution in [2.45, 2.75) is 88.3 Å². The fourth-order valence-electron chi connectivity index (χ4n) is 3.69. The summed E-state index contributed by atoms with van der Waals surface area (Å²) >= 11 is 4.00. The van der Waals surface area contributed by atoms with Gasteiger partial charge in [-0.3, -0.25) is 19.2 Å². The van der Waals surface area contributed by atoms with Gasteiger partial charge in [-0.2, -0.15) is 0 Å². The van der Waals surface area contributed by atoms with Crippen molar-refractivity contribution in [1.29, 1.82) is 0 Å². The molecule has 3 N–H and O–H groups in total. The van der Waals surface area contributed by atoms with Crippen molar-refractivity contribution >= 4 is 36.5 Å². The summed E-state index contributed by atoms with van der Waals surface area (Å²) in [5.41, 5.74) is -1.14. The van der Waals surface area contributed by atoms with E-state index >= 15 is 0 Å². The monoisotopic (exact) mass is 526 g/mol. The molecule has 2 aliphatic heterocycles. The van der Waals surface area contributed by atoms with Gasteiger partial charge in [-0.05, 0) is 0 Å². The molecule has 0 spiro atoms. The number of hydrogen-bond donors (Lipinski definition) is 4. The van der Waals surface area contributed by atoms with E-state index in [1.54, 1.807) is 0 Å². The SMILES string of the molecule is CC(=O)OC[C@H]1O[C@@H](O[C@H]2[C@H](O)[C@@H](O)[C@H](S)O[C@@H]2CO)[C@H](OC(C)=O)[C@@H](OC(C)=O)[C@@H]1OC(C)=O. The van der Waals surface area contributed by atoms with Crippen LogP contribution in [-0.2, 0) is 52.3 Å². The molecule has 14 nitrogen and oxygen atoms in total. The number of carbonyl (C=O) groups excluding carboxylic acids is 4. The van der Waals surface area contributed by atoms with Crippen LogP contribution in [0.15, 0.2) is 0 Å². The third kappa shape index (κ3) is 7.73. The van der Waals surface area contributed by atoms with Gasteiger partial charge in [0.1, 0.15) is 42.6 Å². The summed E-state index contributed by atoms with van der Waals surface area (Å²) in [6, 6.07) is 0. The number of thiol groups is 1. The first-order valence-electron chi connectivity index (χ1n) is 10.6. The largest absolute Gasteiger partial charge is 0.463 e. The summed E-state index contributed by atoms with van der Waals surface area (Å²) < 4.78 is 37.7. The molecule has 0 unspecified atom stereocenters. The highest BCUT2D eigenvalue weighted by Crippen LogP contribution is 2.33. The molecular weight excluding hydrogens is 496 g/mol. The van der Waals surface area contributed by atoms with E-state index in [-0.39, 0.29) is 0 Å². The van der Waals surface area contributed by atoms with Gasteiger partial charge in [-0.25, -0.2) is 0 Å². The fraction of sp³-hybridized carbons (Fsp3) is 0.800. The molecule has 15 heteroatoms. The molecule has 0 bridgehead atoms. The first-order valence-corrected chi connectivity index (χ1v) is 11.1. The molecule has 2 rings (SSSR count). The van der Waals surface area contributed by atoms with E-state index in [0.29, 0.717) is 0 Å². The van der Waals surface area contributed by atoms with Crippen LogP contribution < -0.4 is 0 Å². The number of ether oxygens (including phenoxy) is 7. The summed E-state index contributed by atoms with van der Waals surface area (Å²) in [6.45, 7) is 3.18. The Kier molecular flexibility index (Phi) is 10.7. The molecule has 0 aromatic heterocycles. The molecule has 10 atom stereocenters. The van der Waals surface area contributed by atoms with Crippen LogP contribution in [0.4, 0.5) is 0 Å². The molecule has 2 saturated heterocycles. The van der Waals surface area contributed by atoms with E-state index in [4.69, 9.17) is 33.2 Å². The molecule has 0 amide bonds. The summed E-state index contributed by atoms with van der Waals surface area (Å²) in [6.07, 6.45) is -13.1.